The number of nitrogens with one attached hydrogen (secondary N) is 1. The zero-order valence-corrected chi connectivity index (χ0v) is 16.8. The average Bonchev–Trinajstić information content (AvgIpc) is 3.15. The molecule has 2 aromatic carbocycles. The van der Waals surface area contributed by atoms with E-state index in [2.05, 4.69) is 5.32 Å². The molecule has 1 unspecified atom stereocenters. The number of carbonyl (C=O) groups excluding carboxylic acids is 1. The van der Waals surface area contributed by atoms with Crippen LogP contribution in [0.4, 0.5) is 23.2 Å². The van der Waals surface area contributed by atoms with Gasteiger partial charge >= 0.3 is 6.18 Å². The molecule has 162 valence electrons. The lowest BCUT2D eigenvalue weighted by atomic mass is 10.1. The molecule has 4 nitrogen and oxygen atoms in total. The maximum atomic E-state index is 13.5. The number of hydrogen-bond donors (Lipinski definition) is 1. The molecule has 1 amide bonds. The minimum atomic E-state index is -4.66. The van der Waals surface area contributed by atoms with Gasteiger partial charge in [0, 0.05) is 24.7 Å². The molecule has 0 bridgehead atoms. The number of anilines is 1. The maximum absolute atomic E-state index is 13.5. The second-order valence-electron chi connectivity index (χ2n) is 7.17. The molecular weight excluding hydrogens is 424 g/mol. The topological polar surface area (TPSA) is 41.6 Å². The van der Waals surface area contributed by atoms with Gasteiger partial charge in [-0.25, -0.2) is 4.39 Å². The van der Waals surface area contributed by atoms with Gasteiger partial charge in [-0.3, -0.25) is 9.69 Å². The van der Waals surface area contributed by atoms with E-state index < -0.39 is 23.5 Å². The van der Waals surface area contributed by atoms with Crippen LogP contribution in [0.25, 0.3) is 0 Å². The minimum Gasteiger partial charge on any atom is -0.377 e. The lowest BCUT2D eigenvalue weighted by Crippen LogP contribution is -2.38. The molecule has 9 heteroatoms. The highest BCUT2D eigenvalue weighted by atomic mass is 35.5. The summed E-state index contributed by atoms with van der Waals surface area (Å²) in [7, 11) is 0. The number of carbonyl (C=O) groups is 1. The summed E-state index contributed by atoms with van der Waals surface area (Å²) in [6.07, 6.45) is -3.00. The zero-order chi connectivity index (χ0) is 21.7. The van der Waals surface area contributed by atoms with Crippen molar-refractivity contribution in [2.45, 2.75) is 31.7 Å². The van der Waals surface area contributed by atoms with E-state index >= 15 is 0 Å². The summed E-state index contributed by atoms with van der Waals surface area (Å²) in [5, 5.41) is 2.25. The summed E-state index contributed by atoms with van der Waals surface area (Å²) in [5.41, 5.74) is -0.720. The van der Waals surface area contributed by atoms with Gasteiger partial charge in [0.25, 0.3) is 0 Å². The molecule has 1 fully saturated rings. The summed E-state index contributed by atoms with van der Waals surface area (Å²) < 4.78 is 58.9. The first kappa shape index (κ1) is 22.5. The maximum Gasteiger partial charge on any atom is 0.418 e. The Labute approximate surface area is 176 Å². The number of ether oxygens (including phenoxy) is 1. The van der Waals surface area contributed by atoms with Gasteiger partial charge < -0.3 is 10.1 Å². The molecule has 1 saturated heterocycles. The van der Waals surface area contributed by atoms with Gasteiger partial charge in [0.1, 0.15) is 5.82 Å². The first-order valence-corrected chi connectivity index (χ1v) is 9.83. The highest BCUT2D eigenvalue weighted by Crippen LogP contribution is 2.36. The van der Waals surface area contributed by atoms with E-state index in [1.54, 1.807) is 17.0 Å². The van der Waals surface area contributed by atoms with E-state index in [0.717, 1.165) is 25.0 Å². The van der Waals surface area contributed by atoms with Crippen LogP contribution in [0.2, 0.25) is 5.02 Å². The molecule has 2 aromatic rings. The van der Waals surface area contributed by atoms with Gasteiger partial charge in [0.05, 0.1) is 23.9 Å². The Morgan fingerprint density at radius 3 is 2.70 bits per heavy atom. The van der Waals surface area contributed by atoms with E-state index in [1.165, 1.54) is 18.2 Å². The Bertz CT molecular complexity index is 886. The van der Waals surface area contributed by atoms with Crippen molar-refractivity contribution in [3.05, 3.63) is 64.4 Å². The van der Waals surface area contributed by atoms with E-state index in [1.807, 2.05) is 0 Å². The summed E-state index contributed by atoms with van der Waals surface area (Å²) in [6, 6.07) is 9.15. The van der Waals surface area contributed by atoms with Crippen LogP contribution in [-0.4, -0.2) is 36.6 Å². The number of amides is 1. The largest absolute Gasteiger partial charge is 0.418 e. The fourth-order valence-corrected chi connectivity index (χ4v) is 3.58. The fourth-order valence-electron chi connectivity index (χ4n) is 3.41. The molecule has 0 aliphatic carbocycles. The SMILES string of the molecule is O=C(CN(Cc1cccc(F)c1)CC1CCCO1)Nc1ccc(Cl)cc1C(F)(F)F. The first-order chi connectivity index (χ1) is 14.2. The Morgan fingerprint density at radius 2 is 2.03 bits per heavy atom. The molecule has 1 aliphatic heterocycles. The lowest BCUT2D eigenvalue weighted by Gasteiger charge is -2.25. The van der Waals surface area contributed by atoms with Crippen molar-refractivity contribution < 1.29 is 27.1 Å². The molecule has 1 atom stereocenters. The van der Waals surface area contributed by atoms with Gasteiger partial charge in [-0.05, 0) is 48.7 Å². The fraction of sp³-hybridized carbons (Fsp3) is 0.381. The van der Waals surface area contributed by atoms with Crippen molar-refractivity contribution >= 4 is 23.2 Å². The smallest absolute Gasteiger partial charge is 0.377 e. The van der Waals surface area contributed by atoms with Crippen LogP contribution < -0.4 is 5.32 Å². The summed E-state index contributed by atoms with van der Waals surface area (Å²) in [5.74, 6) is -1.01. The average molecular weight is 445 g/mol. The highest BCUT2D eigenvalue weighted by molar-refractivity contribution is 6.30. The molecular formula is C21H21ClF4N2O2. The van der Waals surface area contributed by atoms with Crippen LogP contribution in [0.5, 0.6) is 0 Å². The van der Waals surface area contributed by atoms with E-state index in [0.29, 0.717) is 18.7 Å². The third-order valence-corrected chi connectivity index (χ3v) is 4.94. The predicted molar refractivity (Wildman–Crippen MR) is 106 cm³/mol. The lowest BCUT2D eigenvalue weighted by molar-refractivity contribution is -0.137. The number of nitrogens with zero attached hydrogens (tertiary/aromatic N) is 1. The van der Waals surface area contributed by atoms with Gasteiger partial charge in [-0.2, -0.15) is 13.2 Å². The van der Waals surface area contributed by atoms with Gasteiger partial charge in [-0.1, -0.05) is 23.7 Å². The molecule has 0 saturated carbocycles. The number of rotatable bonds is 7. The van der Waals surface area contributed by atoms with E-state index in [4.69, 9.17) is 16.3 Å². The summed E-state index contributed by atoms with van der Waals surface area (Å²) >= 11 is 5.68. The van der Waals surface area contributed by atoms with Crippen molar-refractivity contribution in [3.63, 3.8) is 0 Å². The number of halogens is 5. The Morgan fingerprint density at radius 1 is 1.23 bits per heavy atom. The van der Waals surface area contributed by atoms with Crippen molar-refractivity contribution in [1.82, 2.24) is 4.90 Å². The standard InChI is InChI=1S/C21H21ClF4N2O2/c22-15-6-7-19(18(10-15)21(24,25)26)27-20(29)13-28(12-17-5-2-8-30-17)11-14-3-1-4-16(23)9-14/h1,3-4,6-7,9-10,17H,2,5,8,11-13H2,(H,27,29). The second-order valence-corrected chi connectivity index (χ2v) is 7.61. The van der Waals surface area contributed by atoms with Gasteiger partial charge in [0.2, 0.25) is 5.91 Å². The number of benzene rings is 2. The minimum absolute atomic E-state index is 0.0763. The van der Waals surface area contributed by atoms with Crippen LogP contribution in [-0.2, 0) is 22.3 Å². The molecule has 30 heavy (non-hydrogen) atoms. The second kappa shape index (κ2) is 9.76. The first-order valence-electron chi connectivity index (χ1n) is 9.46. The Kier molecular flexibility index (Phi) is 7.33. The Hall–Kier alpha value is -2.16. The quantitative estimate of drug-likeness (QED) is 0.603. The van der Waals surface area contributed by atoms with Crippen LogP contribution in [0.3, 0.4) is 0 Å². The van der Waals surface area contributed by atoms with E-state index in [9.17, 15) is 22.4 Å². The van der Waals surface area contributed by atoms with Crippen LogP contribution in [0.1, 0.15) is 24.0 Å². The molecule has 1 heterocycles. The molecule has 3 rings (SSSR count). The monoisotopic (exact) mass is 444 g/mol. The predicted octanol–water partition coefficient (Wildman–Crippen LogP) is 5.12. The third kappa shape index (κ3) is 6.42. The van der Waals surface area contributed by atoms with Crippen molar-refractivity contribution in [2.24, 2.45) is 0 Å². The third-order valence-electron chi connectivity index (χ3n) is 4.71. The highest BCUT2D eigenvalue weighted by Gasteiger charge is 2.34. The Balaban J connectivity index is 1.72. The normalized spacial score (nSPS) is 16.8. The van der Waals surface area contributed by atoms with Crippen molar-refractivity contribution in [1.29, 1.82) is 0 Å². The number of hydrogen-bond acceptors (Lipinski definition) is 3. The van der Waals surface area contributed by atoms with Crippen molar-refractivity contribution in [2.75, 3.05) is 25.0 Å². The van der Waals surface area contributed by atoms with Crippen LogP contribution in [0, 0.1) is 5.82 Å². The molecule has 0 radical (unpaired) electrons. The molecule has 1 N–H and O–H groups in total. The van der Waals surface area contributed by atoms with E-state index in [-0.39, 0.29) is 29.9 Å². The van der Waals surface area contributed by atoms with Gasteiger partial charge in [-0.15, -0.1) is 0 Å². The summed E-state index contributed by atoms with van der Waals surface area (Å²) in [6.45, 7) is 1.13. The summed E-state index contributed by atoms with van der Waals surface area (Å²) in [4.78, 5) is 14.3. The zero-order valence-electron chi connectivity index (χ0n) is 16.0. The molecule has 0 spiro atoms. The molecule has 1 aliphatic rings. The van der Waals surface area contributed by atoms with Crippen LogP contribution in [0.15, 0.2) is 42.5 Å². The van der Waals surface area contributed by atoms with Crippen LogP contribution >= 0.6 is 11.6 Å². The number of alkyl halides is 3. The van der Waals surface area contributed by atoms with Crippen molar-refractivity contribution in [3.8, 4) is 0 Å². The van der Waals surface area contributed by atoms with Gasteiger partial charge in [0.15, 0.2) is 0 Å². The molecule has 0 aromatic heterocycles.